The van der Waals surface area contributed by atoms with Crippen molar-refractivity contribution in [1.82, 2.24) is 10.2 Å². The molecule has 6 nitrogen and oxygen atoms in total. The zero-order valence-corrected chi connectivity index (χ0v) is 10.7. The molecule has 0 radical (unpaired) electrons. The molecule has 4 N–H and O–H groups in total. The van der Waals surface area contributed by atoms with Crippen molar-refractivity contribution in [3.63, 3.8) is 0 Å². The quantitative estimate of drug-likeness (QED) is 0.683. The third kappa shape index (κ3) is 4.04. The predicted octanol–water partition coefficient (Wildman–Crippen LogP) is -0.484. The van der Waals surface area contributed by atoms with Crippen LogP contribution in [0.1, 0.15) is 5.56 Å². The van der Waals surface area contributed by atoms with E-state index in [0.717, 1.165) is 11.3 Å². The average Bonchev–Trinajstić information content (AvgIpc) is 2.38. The van der Waals surface area contributed by atoms with Gasteiger partial charge in [-0.05, 0) is 17.7 Å². The highest BCUT2D eigenvalue weighted by atomic mass is 16.2. The number of nitrogens with zero attached hydrogens (tertiary/aromatic N) is 1. The van der Waals surface area contributed by atoms with Crippen molar-refractivity contribution in [2.75, 3.05) is 31.5 Å². The van der Waals surface area contributed by atoms with Crippen molar-refractivity contribution in [2.24, 2.45) is 5.73 Å². The molecule has 1 aliphatic rings. The number of benzene rings is 1. The van der Waals surface area contributed by atoms with E-state index in [1.165, 1.54) is 0 Å². The minimum Gasteiger partial charge on any atom is -0.354 e. The van der Waals surface area contributed by atoms with Gasteiger partial charge in [0.2, 0.25) is 11.8 Å². The average molecular weight is 262 g/mol. The van der Waals surface area contributed by atoms with Gasteiger partial charge in [0.05, 0.1) is 13.1 Å². The fourth-order valence-electron chi connectivity index (χ4n) is 2.01. The van der Waals surface area contributed by atoms with E-state index >= 15 is 0 Å². The molecule has 0 aromatic heterocycles. The Hall–Kier alpha value is -1.92. The van der Waals surface area contributed by atoms with Gasteiger partial charge in [-0.2, -0.15) is 0 Å². The summed E-state index contributed by atoms with van der Waals surface area (Å²) in [6, 6.07) is 7.43. The Bertz CT molecular complexity index is 475. The summed E-state index contributed by atoms with van der Waals surface area (Å²) in [5.41, 5.74) is 7.25. The molecule has 1 saturated heterocycles. The summed E-state index contributed by atoms with van der Waals surface area (Å²) in [5.74, 6) is -0.159. The Balaban J connectivity index is 1.88. The molecule has 0 spiro atoms. The van der Waals surface area contributed by atoms with E-state index in [1.807, 2.05) is 29.2 Å². The van der Waals surface area contributed by atoms with Crippen LogP contribution in [0.15, 0.2) is 24.3 Å². The van der Waals surface area contributed by atoms with Gasteiger partial charge in [0, 0.05) is 25.3 Å². The zero-order chi connectivity index (χ0) is 13.7. The van der Waals surface area contributed by atoms with Crippen LogP contribution in [0.3, 0.4) is 0 Å². The summed E-state index contributed by atoms with van der Waals surface area (Å²) >= 11 is 0. The van der Waals surface area contributed by atoms with E-state index in [4.69, 9.17) is 5.73 Å². The van der Waals surface area contributed by atoms with Gasteiger partial charge in [-0.15, -0.1) is 0 Å². The van der Waals surface area contributed by atoms with Crippen LogP contribution in [0.2, 0.25) is 0 Å². The fraction of sp³-hybridized carbons (Fsp3) is 0.385. The second-order valence-electron chi connectivity index (χ2n) is 4.51. The Morgan fingerprint density at radius 3 is 3.05 bits per heavy atom. The van der Waals surface area contributed by atoms with Gasteiger partial charge >= 0.3 is 0 Å². The normalized spacial score (nSPS) is 15.9. The van der Waals surface area contributed by atoms with Crippen LogP contribution in [0, 0.1) is 0 Å². The molecule has 2 amide bonds. The lowest BCUT2D eigenvalue weighted by Crippen LogP contribution is -2.49. The van der Waals surface area contributed by atoms with Crippen molar-refractivity contribution in [3.05, 3.63) is 29.8 Å². The Morgan fingerprint density at radius 2 is 2.32 bits per heavy atom. The van der Waals surface area contributed by atoms with Crippen LogP contribution >= 0.6 is 0 Å². The van der Waals surface area contributed by atoms with Gasteiger partial charge in [0.15, 0.2) is 0 Å². The van der Waals surface area contributed by atoms with Crippen LogP contribution in [0.25, 0.3) is 0 Å². The lowest BCUT2D eigenvalue weighted by molar-refractivity contribution is -0.125. The molecule has 0 saturated carbocycles. The summed E-state index contributed by atoms with van der Waals surface area (Å²) in [5, 5.41) is 5.53. The van der Waals surface area contributed by atoms with Crippen LogP contribution in [-0.2, 0) is 16.1 Å². The lowest BCUT2D eigenvalue weighted by Gasteiger charge is -2.25. The van der Waals surface area contributed by atoms with Gasteiger partial charge in [-0.1, -0.05) is 12.1 Å². The van der Waals surface area contributed by atoms with E-state index < -0.39 is 0 Å². The molecule has 102 valence electrons. The van der Waals surface area contributed by atoms with Gasteiger partial charge in [0.1, 0.15) is 0 Å². The van der Waals surface area contributed by atoms with E-state index in [9.17, 15) is 9.59 Å². The molecular weight excluding hydrogens is 244 g/mol. The largest absolute Gasteiger partial charge is 0.354 e. The number of anilines is 1. The monoisotopic (exact) mass is 262 g/mol. The summed E-state index contributed by atoms with van der Waals surface area (Å²) in [4.78, 5) is 24.9. The standard InChI is InChI=1S/C13H18N4O2/c14-7-10-2-1-3-11(6-10)16-13(19)9-17-5-4-15-12(18)8-17/h1-3,6H,4-5,7-9,14H2,(H,15,18)(H,16,19). The Labute approximate surface area is 112 Å². The molecule has 1 fully saturated rings. The summed E-state index contributed by atoms with van der Waals surface area (Å²) in [6.45, 7) is 2.23. The Kier molecular flexibility index (Phi) is 4.48. The Morgan fingerprint density at radius 1 is 1.47 bits per heavy atom. The van der Waals surface area contributed by atoms with Crippen molar-refractivity contribution in [1.29, 1.82) is 0 Å². The summed E-state index contributed by atoms with van der Waals surface area (Å²) in [6.07, 6.45) is 0. The molecule has 0 unspecified atom stereocenters. The van der Waals surface area contributed by atoms with Crippen molar-refractivity contribution >= 4 is 17.5 Å². The molecule has 2 rings (SSSR count). The minimum atomic E-state index is -0.121. The number of nitrogens with one attached hydrogen (secondary N) is 2. The maximum absolute atomic E-state index is 11.9. The molecular formula is C13H18N4O2. The number of carbonyl (C=O) groups is 2. The minimum absolute atomic E-state index is 0.0378. The van der Waals surface area contributed by atoms with Crippen LogP contribution in [0.4, 0.5) is 5.69 Å². The first kappa shape index (κ1) is 13.5. The van der Waals surface area contributed by atoms with Crippen LogP contribution in [0.5, 0.6) is 0 Å². The fourth-order valence-corrected chi connectivity index (χ4v) is 2.01. The highest BCUT2D eigenvalue weighted by Gasteiger charge is 2.18. The number of carbonyl (C=O) groups excluding carboxylic acids is 2. The number of nitrogens with two attached hydrogens (primary N) is 1. The number of amides is 2. The third-order valence-electron chi connectivity index (χ3n) is 2.93. The predicted molar refractivity (Wildman–Crippen MR) is 72.4 cm³/mol. The molecule has 1 aliphatic heterocycles. The lowest BCUT2D eigenvalue weighted by atomic mass is 10.2. The third-order valence-corrected chi connectivity index (χ3v) is 2.93. The van der Waals surface area contributed by atoms with Crippen molar-refractivity contribution in [2.45, 2.75) is 6.54 Å². The van der Waals surface area contributed by atoms with Crippen molar-refractivity contribution in [3.8, 4) is 0 Å². The maximum atomic E-state index is 11.9. The molecule has 0 atom stereocenters. The van der Waals surface area contributed by atoms with Crippen molar-refractivity contribution < 1.29 is 9.59 Å². The molecule has 0 aliphatic carbocycles. The topological polar surface area (TPSA) is 87.5 Å². The number of piperazine rings is 1. The first-order valence-electron chi connectivity index (χ1n) is 6.25. The number of rotatable bonds is 4. The second-order valence-corrected chi connectivity index (χ2v) is 4.51. The highest BCUT2D eigenvalue weighted by molar-refractivity contribution is 5.92. The molecule has 1 aromatic rings. The van der Waals surface area contributed by atoms with E-state index in [-0.39, 0.29) is 24.9 Å². The smallest absolute Gasteiger partial charge is 0.238 e. The highest BCUT2D eigenvalue weighted by Crippen LogP contribution is 2.10. The van der Waals surface area contributed by atoms with E-state index in [0.29, 0.717) is 19.6 Å². The number of hydrogen-bond donors (Lipinski definition) is 3. The van der Waals surface area contributed by atoms with Gasteiger partial charge in [-0.25, -0.2) is 0 Å². The first-order valence-corrected chi connectivity index (χ1v) is 6.25. The summed E-state index contributed by atoms with van der Waals surface area (Å²) < 4.78 is 0. The SMILES string of the molecule is NCc1cccc(NC(=O)CN2CCNC(=O)C2)c1. The van der Waals surface area contributed by atoms with Crippen LogP contribution < -0.4 is 16.4 Å². The molecule has 19 heavy (non-hydrogen) atoms. The molecule has 6 heteroatoms. The van der Waals surface area contributed by atoms with Gasteiger partial charge in [0.25, 0.3) is 0 Å². The summed E-state index contributed by atoms with van der Waals surface area (Å²) in [7, 11) is 0. The maximum Gasteiger partial charge on any atom is 0.238 e. The van der Waals surface area contributed by atoms with Crippen LogP contribution in [-0.4, -0.2) is 42.9 Å². The zero-order valence-electron chi connectivity index (χ0n) is 10.7. The number of hydrogen-bond acceptors (Lipinski definition) is 4. The van der Waals surface area contributed by atoms with Gasteiger partial charge < -0.3 is 16.4 Å². The van der Waals surface area contributed by atoms with E-state index in [2.05, 4.69) is 10.6 Å². The first-order chi connectivity index (χ1) is 9.17. The molecule has 0 bridgehead atoms. The van der Waals surface area contributed by atoms with E-state index in [1.54, 1.807) is 0 Å². The second kappa shape index (κ2) is 6.31. The molecule has 1 aromatic carbocycles. The van der Waals surface area contributed by atoms with Gasteiger partial charge in [-0.3, -0.25) is 14.5 Å². The molecule has 1 heterocycles.